The van der Waals surface area contributed by atoms with Crippen LogP contribution in [0, 0.1) is 0 Å². The van der Waals surface area contributed by atoms with Crippen molar-refractivity contribution in [2.45, 2.75) is 18.0 Å². The van der Waals surface area contributed by atoms with Crippen LogP contribution >= 0.6 is 11.6 Å². The lowest BCUT2D eigenvalue weighted by molar-refractivity contribution is -0.137. The van der Waals surface area contributed by atoms with E-state index >= 15 is 0 Å². The first-order valence-electron chi connectivity index (χ1n) is 7.24. The molecule has 144 valence electrons. The van der Waals surface area contributed by atoms with Crippen LogP contribution in [0.1, 0.15) is 28.4 Å². The van der Waals surface area contributed by atoms with Gasteiger partial charge in [0.1, 0.15) is 4.90 Å². The van der Waals surface area contributed by atoms with Crippen molar-refractivity contribution in [1.29, 1.82) is 0 Å². The van der Waals surface area contributed by atoms with Gasteiger partial charge in [-0.3, -0.25) is 4.79 Å². The highest BCUT2D eigenvalue weighted by atomic mass is 35.5. The average molecular weight is 420 g/mol. The molecule has 0 radical (unpaired) electrons. The molecule has 0 aliphatic rings. The van der Waals surface area contributed by atoms with Crippen LogP contribution in [-0.2, 0) is 16.2 Å². The number of rotatable bonds is 4. The van der Waals surface area contributed by atoms with E-state index in [1.54, 1.807) is 0 Å². The van der Waals surface area contributed by atoms with Crippen LogP contribution in [-0.4, -0.2) is 20.0 Å². The predicted molar refractivity (Wildman–Crippen MR) is 93.9 cm³/mol. The van der Waals surface area contributed by atoms with Crippen LogP contribution in [0.4, 0.5) is 13.2 Å². The van der Waals surface area contributed by atoms with E-state index in [2.05, 4.69) is 10.5 Å². The number of nitrogens with zero attached hydrogens (tertiary/aromatic N) is 1. The fourth-order valence-corrected chi connectivity index (χ4v) is 3.12. The lowest BCUT2D eigenvalue weighted by Crippen LogP contribution is -2.21. The Labute approximate surface area is 157 Å². The SMILES string of the molecule is C/C(=N\NC(=O)c1ccc(Cl)c(S(N)(=O)=O)c1)c1cccc(C(F)(F)F)c1. The number of benzene rings is 2. The number of carbonyl (C=O) groups excluding carboxylic acids is 1. The molecule has 0 saturated heterocycles. The Hall–Kier alpha value is -2.43. The third-order valence-corrected chi connectivity index (χ3v) is 4.83. The minimum atomic E-state index is -4.51. The third kappa shape index (κ3) is 5.28. The molecule has 2 aromatic carbocycles. The Bertz CT molecular complexity index is 1020. The molecule has 2 rings (SSSR count). The largest absolute Gasteiger partial charge is 0.416 e. The number of carbonyl (C=O) groups is 1. The molecule has 0 heterocycles. The van der Waals surface area contributed by atoms with Gasteiger partial charge in [-0.05, 0) is 42.8 Å². The normalized spacial score (nSPS) is 12.7. The number of hydrogen-bond acceptors (Lipinski definition) is 4. The first-order valence-corrected chi connectivity index (χ1v) is 9.16. The number of hydrazone groups is 1. The van der Waals surface area contributed by atoms with Crippen LogP contribution in [0.25, 0.3) is 0 Å². The maximum atomic E-state index is 12.8. The maximum Gasteiger partial charge on any atom is 0.416 e. The molecule has 0 aliphatic carbocycles. The van der Waals surface area contributed by atoms with E-state index < -0.39 is 32.6 Å². The summed E-state index contributed by atoms with van der Waals surface area (Å²) in [6.45, 7) is 1.41. The molecule has 11 heteroatoms. The zero-order chi connectivity index (χ0) is 20.4. The van der Waals surface area contributed by atoms with E-state index in [0.29, 0.717) is 0 Å². The molecule has 0 spiro atoms. The van der Waals surface area contributed by atoms with Crippen LogP contribution < -0.4 is 10.6 Å². The second-order valence-corrected chi connectivity index (χ2v) is 7.34. The smallest absolute Gasteiger partial charge is 0.267 e. The van der Waals surface area contributed by atoms with Gasteiger partial charge in [-0.15, -0.1) is 0 Å². The minimum Gasteiger partial charge on any atom is -0.267 e. The monoisotopic (exact) mass is 419 g/mol. The van der Waals surface area contributed by atoms with Gasteiger partial charge in [0, 0.05) is 5.56 Å². The highest BCUT2D eigenvalue weighted by Gasteiger charge is 2.30. The van der Waals surface area contributed by atoms with E-state index in [9.17, 15) is 26.4 Å². The van der Waals surface area contributed by atoms with E-state index in [0.717, 1.165) is 18.2 Å². The Morgan fingerprint density at radius 1 is 1.15 bits per heavy atom. The van der Waals surface area contributed by atoms with Crippen molar-refractivity contribution in [2.75, 3.05) is 0 Å². The lowest BCUT2D eigenvalue weighted by atomic mass is 10.1. The Morgan fingerprint density at radius 2 is 1.81 bits per heavy atom. The van der Waals surface area contributed by atoms with Crippen LogP contribution in [0.3, 0.4) is 0 Å². The van der Waals surface area contributed by atoms with Gasteiger partial charge >= 0.3 is 6.18 Å². The molecular weight excluding hydrogens is 407 g/mol. The topological polar surface area (TPSA) is 102 Å². The number of sulfonamides is 1. The quantitative estimate of drug-likeness (QED) is 0.587. The van der Waals surface area contributed by atoms with Crippen molar-refractivity contribution in [3.63, 3.8) is 0 Å². The first-order chi connectivity index (χ1) is 12.4. The fraction of sp³-hybridized carbons (Fsp3) is 0.125. The van der Waals surface area contributed by atoms with Gasteiger partial charge < -0.3 is 0 Å². The zero-order valence-corrected chi connectivity index (χ0v) is 15.3. The molecule has 0 fully saturated rings. The summed E-state index contributed by atoms with van der Waals surface area (Å²) in [5.74, 6) is -0.789. The molecule has 0 unspecified atom stereocenters. The summed E-state index contributed by atoms with van der Waals surface area (Å²) < 4.78 is 61.1. The van der Waals surface area contributed by atoms with Crippen molar-refractivity contribution in [1.82, 2.24) is 5.43 Å². The van der Waals surface area contributed by atoms with E-state index in [-0.39, 0.29) is 21.9 Å². The van der Waals surface area contributed by atoms with Crippen molar-refractivity contribution >= 4 is 33.2 Å². The third-order valence-electron chi connectivity index (χ3n) is 3.43. The van der Waals surface area contributed by atoms with Gasteiger partial charge in [-0.2, -0.15) is 18.3 Å². The predicted octanol–water partition coefficient (Wildman–Crippen LogP) is 3.16. The number of nitrogens with two attached hydrogens (primary N) is 1. The Balaban J connectivity index is 2.24. The van der Waals surface area contributed by atoms with Crippen molar-refractivity contribution in [3.05, 3.63) is 64.2 Å². The highest BCUT2D eigenvalue weighted by Crippen LogP contribution is 2.29. The summed E-state index contributed by atoms with van der Waals surface area (Å²) in [5.41, 5.74) is 1.48. The number of primary sulfonamides is 1. The van der Waals surface area contributed by atoms with E-state index in [4.69, 9.17) is 16.7 Å². The summed E-state index contributed by atoms with van der Waals surface area (Å²) in [4.78, 5) is 11.7. The van der Waals surface area contributed by atoms with Crippen molar-refractivity contribution < 1.29 is 26.4 Å². The summed E-state index contributed by atoms with van der Waals surface area (Å²) in [6.07, 6.45) is -4.51. The molecule has 1 amide bonds. The highest BCUT2D eigenvalue weighted by molar-refractivity contribution is 7.89. The number of hydrogen-bond donors (Lipinski definition) is 2. The number of nitrogens with one attached hydrogen (secondary N) is 1. The second kappa shape index (κ2) is 7.67. The molecule has 2 aromatic rings. The van der Waals surface area contributed by atoms with Crippen molar-refractivity contribution in [3.8, 4) is 0 Å². The molecule has 0 aromatic heterocycles. The lowest BCUT2D eigenvalue weighted by Gasteiger charge is -2.09. The molecular formula is C16H13ClF3N3O3S. The van der Waals surface area contributed by atoms with Crippen molar-refractivity contribution in [2.24, 2.45) is 10.2 Å². The molecule has 0 saturated carbocycles. The van der Waals surface area contributed by atoms with Gasteiger partial charge in [0.15, 0.2) is 0 Å². The first kappa shape index (κ1) is 20.9. The molecule has 6 nitrogen and oxygen atoms in total. The summed E-state index contributed by atoms with van der Waals surface area (Å²) in [6, 6.07) is 7.84. The van der Waals surface area contributed by atoms with Gasteiger partial charge in [-0.25, -0.2) is 19.0 Å². The molecule has 27 heavy (non-hydrogen) atoms. The molecule has 0 bridgehead atoms. The number of amides is 1. The zero-order valence-electron chi connectivity index (χ0n) is 13.7. The van der Waals surface area contributed by atoms with Gasteiger partial charge in [0.2, 0.25) is 10.0 Å². The van der Waals surface area contributed by atoms with Gasteiger partial charge in [0.05, 0.1) is 16.3 Å². The molecule has 3 N–H and O–H groups in total. The minimum absolute atomic E-state index is 0.0935. The van der Waals surface area contributed by atoms with Crippen LogP contribution in [0.5, 0.6) is 0 Å². The average Bonchev–Trinajstić information content (AvgIpc) is 2.58. The Kier molecular flexibility index (Phi) is 5.93. The van der Waals surface area contributed by atoms with Crippen LogP contribution in [0.2, 0.25) is 5.02 Å². The van der Waals surface area contributed by atoms with Gasteiger partial charge in [-0.1, -0.05) is 23.7 Å². The summed E-state index contributed by atoms with van der Waals surface area (Å²) in [5, 5.41) is 8.60. The fourth-order valence-electron chi connectivity index (χ4n) is 2.05. The Morgan fingerprint density at radius 3 is 2.41 bits per heavy atom. The maximum absolute atomic E-state index is 12.8. The number of alkyl halides is 3. The second-order valence-electron chi connectivity index (χ2n) is 5.41. The van der Waals surface area contributed by atoms with E-state index in [1.165, 1.54) is 31.2 Å². The standard InChI is InChI=1S/C16H13ClF3N3O3S/c1-9(10-3-2-4-12(7-10)16(18,19)20)22-23-15(24)11-5-6-13(17)14(8-11)27(21,25)26/h2-8H,1H3,(H,23,24)(H2,21,25,26)/b22-9+. The summed E-state index contributed by atoms with van der Waals surface area (Å²) in [7, 11) is -4.14. The molecule has 0 aliphatic heterocycles. The van der Waals surface area contributed by atoms with Gasteiger partial charge in [0.25, 0.3) is 5.91 Å². The van der Waals surface area contributed by atoms with Crippen LogP contribution in [0.15, 0.2) is 52.5 Å². The number of halogens is 4. The summed E-state index contributed by atoms with van der Waals surface area (Å²) >= 11 is 5.73. The van der Waals surface area contributed by atoms with E-state index in [1.807, 2.05) is 0 Å². The molecule has 0 atom stereocenters.